The molecule has 1 unspecified atom stereocenters. The minimum atomic E-state index is -0.365. The Morgan fingerprint density at radius 1 is 1.06 bits per heavy atom. The lowest BCUT2D eigenvalue weighted by molar-refractivity contribution is 0.0651. The normalized spacial score (nSPS) is 15.4. The summed E-state index contributed by atoms with van der Waals surface area (Å²) in [5.41, 5.74) is 2.37. The number of para-hydroxylation sites is 1. The highest BCUT2D eigenvalue weighted by Gasteiger charge is 2.33. The summed E-state index contributed by atoms with van der Waals surface area (Å²) in [6.45, 7) is 3.18. The third kappa shape index (κ3) is 4.53. The second-order valence-corrected chi connectivity index (χ2v) is 7.57. The molecule has 1 aliphatic rings. The van der Waals surface area contributed by atoms with Crippen molar-refractivity contribution in [1.82, 2.24) is 4.90 Å². The zero-order chi connectivity index (χ0) is 21.6. The van der Waals surface area contributed by atoms with Crippen LogP contribution in [-0.4, -0.2) is 24.5 Å². The Morgan fingerprint density at radius 3 is 2.71 bits per heavy atom. The van der Waals surface area contributed by atoms with Crippen LogP contribution in [0.4, 0.5) is 5.69 Å². The van der Waals surface area contributed by atoms with Gasteiger partial charge in [-0.15, -0.1) is 0 Å². The highest BCUT2D eigenvalue weighted by molar-refractivity contribution is 6.01. The lowest BCUT2D eigenvalue weighted by Crippen LogP contribution is -2.42. The number of rotatable bonds is 9. The average Bonchev–Trinajstić information content (AvgIpc) is 3.32. The molecule has 0 saturated heterocycles. The Morgan fingerprint density at radius 2 is 1.94 bits per heavy atom. The van der Waals surface area contributed by atoms with Gasteiger partial charge in [0.15, 0.2) is 11.5 Å². The maximum Gasteiger partial charge on any atom is 0.258 e. The van der Waals surface area contributed by atoms with Crippen LogP contribution in [0.3, 0.4) is 0 Å². The molecule has 1 amide bonds. The topological polar surface area (TPSA) is 63.9 Å². The molecule has 3 aromatic rings. The number of nitrogens with one attached hydrogen (secondary N) is 1. The van der Waals surface area contributed by atoms with Crippen LogP contribution in [0.2, 0.25) is 0 Å². The van der Waals surface area contributed by atoms with E-state index in [1.807, 2.05) is 54.6 Å². The van der Waals surface area contributed by atoms with E-state index in [0.717, 1.165) is 36.3 Å². The second kappa shape index (κ2) is 9.60. The summed E-state index contributed by atoms with van der Waals surface area (Å²) in [6, 6.07) is 17.1. The average molecular weight is 421 g/mol. The fraction of sp³-hybridized carbons (Fsp3) is 0.320. The fourth-order valence-corrected chi connectivity index (χ4v) is 3.80. The summed E-state index contributed by atoms with van der Waals surface area (Å²) in [5.74, 6) is 2.04. The molecule has 1 N–H and O–H groups in total. The minimum Gasteiger partial charge on any atom is -0.493 e. The van der Waals surface area contributed by atoms with Gasteiger partial charge >= 0.3 is 0 Å². The molecular formula is C25H28N2O4. The van der Waals surface area contributed by atoms with Gasteiger partial charge in [0.05, 0.1) is 32.1 Å². The lowest BCUT2D eigenvalue weighted by Gasteiger charge is -2.37. The molecule has 0 radical (unpaired) electrons. The number of furan rings is 1. The number of hydrogen-bond donors (Lipinski definition) is 1. The first-order chi connectivity index (χ1) is 15.2. The zero-order valence-electron chi connectivity index (χ0n) is 18.0. The number of methoxy groups -OCH3 is 1. The van der Waals surface area contributed by atoms with Crippen molar-refractivity contribution in [2.45, 2.75) is 38.9 Å². The van der Waals surface area contributed by atoms with Crippen LogP contribution < -0.4 is 14.8 Å². The molecule has 1 atom stereocenters. The first kappa shape index (κ1) is 20.8. The Labute approximate surface area is 182 Å². The molecule has 6 nitrogen and oxygen atoms in total. The summed E-state index contributed by atoms with van der Waals surface area (Å²) in [7, 11) is 1.63. The van der Waals surface area contributed by atoms with Gasteiger partial charge in [0.1, 0.15) is 11.9 Å². The number of anilines is 1. The van der Waals surface area contributed by atoms with Crippen LogP contribution in [0.25, 0.3) is 0 Å². The van der Waals surface area contributed by atoms with Gasteiger partial charge in [-0.3, -0.25) is 4.79 Å². The predicted molar refractivity (Wildman–Crippen MR) is 119 cm³/mol. The van der Waals surface area contributed by atoms with E-state index >= 15 is 0 Å². The second-order valence-electron chi connectivity index (χ2n) is 7.57. The molecule has 2 heterocycles. The summed E-state index contributed by atoms with van der Waals surface area (Å²) < 4.78 is 17.0. The molecule has 0 bridgehead atoms. The quantitative estimate of drug-likeness (QED) is 0.455. The van der Waals surface area contributed by atoms with Crippen LogP contribution in [0, 0.1) is 0 Å². The van der Waals surface area contributed by atoms with Gasteiger partial charge in [0.2, 0.25) is 0 Å². The van der Waals surface area contributed by atoms with Crippen LogP contribution in [0.15, 0.2) is 65.3 Å². The Bertz CT molecular complexity index is 1020. The van der Waals surface area contributed by atoms with E-state index < -0.39 is 0 Å². The van der Waals surface area contributed by atoms with Crippen molar-refractivity contribution in [3.8, 4) is 11.5 Å². The van der Waals surface area contributed by atoms with E-state index in [-0.39, 0.29) is 12.1 Å². The largest absolute Gasteiger partial charge is 0.493 e. The summed E-state index contributed by atoms with van der Waals surface area (Å²) in [5, 5.41) is 3.50. The summed E-state index contributed by atoms with van der Waals surface area (Å²) >= 11 is 0. The van der Waals surface area contributed by atoms with Crippen molar-refractivity contribution in [1.29, 1.82) is 0 Å². The van der Waals surface area contributed by atoms with Crippen LogP contribution in [-0.2, 0) is 6.54 Å². The van der Waals surface area contributed by atoms with Crippen molar-refractivity contribution in [2.24, 2.45) is 0 Å². The van der Waals surface area contributed by atoms with Crippen molar-refractivity contribution in [3.63, 3.8) is 0 Å². The molecule has 0 spiro atoms. The third-order valence-corrected chi connectivity index (χ3v) is 5.44. The molecule has 1 aliphatic heterocycles. The van der Waals surface area contributed by atoms with Crippen molar-refractivity contribution in [3.05, 3.63) is 77.7 Å². The predicted octanol–water partition coefficient (Wildman–Crippen LogP) is 5.62. The zero-order valence-corrected chi connectivity index (χ0v) is 18.0. The standard InChI is InChI=1S/C25H28N2O4/c1-3-4-7-14-31-22-13-12-18(16-23(22)29-2)24-26-21-11-6-5-10-20(21)25(28)27(24)17-19-9-8-15-30-19/h5-6,8-13,15-16,24,26H,3-4,7,14,17H2,1-2H3. The number of hydrogen-bond acceptors (Lipinski definition) is 5. The smallest absolute Gasteiger partial charge is 0.258 e. The monoisotopic (exact) mass is 420 g/mol. The van der Waals surface area contributed by atoms with E-state index in [1.54, 1.807) is 18.3 Å². The highest BCUT2D eigenvalue weighted by Crippen LogP contribution is 2.37. The number of fused-ring (bicyclic) bond motifs is 1. The van der Waals surface area contributed by atoms with Gasteiger partial charge in [-0.25, -0.2) is 0 Å². The van der Waals surface area contributed by atoms with E-state index in [9.17, 15) is 4.79 Å². The minimum absolute atomic E-state index is 0.0467. The van der Waals surface area contributed by atoms with Gasteiger partial charge < -0.3 is 24.1 Å². The Balaban J connectivity index is 1.64. The van der Waals surface area contributed by atoms with Gasteiger partial charge in [0, 0.05) is 5.69 Å². The SMILES string of the molecule is CCCCCOc1ccc(C2Nc3ccccc3C(=O)N2Cc2ccco2)cc1OC. The number of ether oxygens (including phenoxy) is 2. The fourth-order valence-electron chi connectivity index (χ4n) is 3.80. The Kier molecular flexibility index (Phi) is 6.46. The van der Waals surface area contributed by atoms with E-state index in [4.69, 9.17) is 13.9 Å². The number of carbonyl (C=O) groups excluding carboxylic acids is 1. The maximum absolute atomic E-state index is 13.3. The molecule has 0 saturated carbocycles. The van der Waals surface area contributed by atoms with E-state index in [1.165, 1.54) is 0 Å². The number of amides is 1. The number of nitrogens with zero attached hydrogens (tertiary/aromatic N) is 1. The lowest BCUT2D eigenvalue weighted by atomic mass is 10.0. The van der Waals surface area contributed by atoms with Crippen LogP contribution in [0.5, 0.6) is 11.5 Å². The molecule has 0 aliphatic carbocycles. The van der Waals surface area contributed by atoms with Gasteiger partial charge in [-0.1, -0.05) is 38.0 Å². The summed E-state index contributed by atoms with van der Waals surface area (Å²) in [4.78, 5) is 15.1. The number of unbranched alkanes of at least 4 members (excludes halogenated alkanes) is 2. The molecule has 4 rings (SSSR count). The maximum atomic E-state index is 13.3. The first-order valence-electron chi connectivity index (χ1n) is 10.7. The molecule has 2 aromatic carbocycles. The molecule has 0 fully saturated rings. The van der Waals surface area contributed by atoms with Crippen molar-refractivity contribution >= 4 is 11.6 Å². The van der Waals surface area contributed by atoms with E-state index in [0.29, 0.717) is 30.2 Å². The van der Waals surface area contributed by atoms with Crippen LogP contribution in [0.1, 0.15) is 54.0 Å². The van der Waals surface area contributed by atoms with Gasteiger partial charge in [-0.2, -0.15) is 0 Å². The third-order valence-electron chi connectivity index (χ3n) is 5.44. The number of benzene rings is 2. The number of carbonyl (C=O) groups is 1. The van der Waals surface area contributed by atoms with Crippen molar-refractivity contribution < 1.29 is 18.7 Å². The Hall–Kier alpha value is -3.41. The van der Waals surface area contributed by atoms with E-state index in [2.05, 4.69) is 12.2 Å². The van der Waals surface area contributed by atoms with Crippen molar-refractivity contribution in [2.75, 3.05) is 19.0 Å². The van der Waals surface area contributed by atoms with Gasteiger partial charge in [0.25, 0.3) is 5.91 Å². The molecule has 1 aromatic heterocycles. The highest BCUT2D eigenvalue weighted by atomic mass is 16.5. The summed E-state index contributed by atoms with van der Waals surface area (Å²) in [6.07, 6.45) is 4.54. The van der Waals surface area contributed by atoms with Crippen LogP contribution >= 0.6 is 0 Å². The molecule has 162 valence electrons. The molecule has 31 heavy (non-hydrogen) atoms. The van der Waals surface area contributed by atoms with Gasteiger partial charge in [-0.05, 0) is 48.4 Å². The molecule has 6 heteroatoms. The molecular weight excluding hydrogens is 392 g/mol. The first-order valence-corrected chi connectivity index (χ1v) is 10.7.